The van der Waals surface area contributed by atoms with Crippen LogP contribution in [0.4, 0.5) is 0 Å². The van der Waals surface area contributed by atoms with Crippen LogP contribution in [0.15, 0.2) is 18.2 Å². The van der Waals surface area contributed by atoms with Crippen molar-refractivity contribution in [1.29, 1.82) is 0 Å². The molecular weight excluding hydrogens is 328 g/mol. The van der Waals surface area contributed by atoms with Gasteiger partial charge in [-0.25, -0.2) is 0 Å². The third kappa shape index (κ3) is 6.03. The van der Waals surface area contributed by atoms with E-state index in [0.29, 0.717) is 18.9 Å². The molecule has 0 atom stereocenters. The number of aryl methyl sites for hydroxylation is 2. The zero-order valence-electron chi connectivity index (χ0n) is 13.8. The van der Waals surface area contributed by atoms with Gasteiger partial charge >= 0.3 is 0 Å². The molecule has 0 aromatic heterocycles. The number of amides is 1. The van der Waals surface area contributed by atoms with Crippen LogP contribution in [0.2, 0.25) is 0 Å². The van der Waals surface area contributed by atoms with E-state index < -0.39 is 0 Å². The maximum atomic E-state index is 11.8. The zero-order valence-corrected chi connectivity index (χ0v) is 15.4. The first-order valence-electron chi connectivity index (χ1n) is 7.95. The van der Waals surface area contributed by atoms with Gasteiger partial charge in [-0.3, -0.25) is 4.79 Å². The van der Waals surface area contributed by atoms with Crippen molar-refractivity contribution in [2.75, 3.05) is 32.0 Å². The molecule has 0 radical (unpaired) electrons. The molecule has 0 unspecified atom stereocenters. The Morgan fingerprint density at radius 3 is 2.78 bits per heavy atom. The number of carbonyl (C=O) groups excluding carboxylic acids is 1. The fourth-order valence-corrected chi connectivity index (χ4v) is 3.56. The molecule has 0 bridgehead atoms. The number of hydrogen-bond donors (Lipinski definition) is 1. The molecule has 1 N–H and O–H groups in total. The van der Waals surface area contributed by atoms with Crippen molar-refractivity contribution >= 4 is 34.2 Å². The normalized spacial score (nSPS) is 13.9. The van der Waals surface area contributed by atoms with Gasteiger partial charge in [0.2, 0.25) is 5.91 Å². The summed E-state index contributed by atoms with van der Waals surface area (Å²) in [5.41, 5.74) is 2.33. The average Bonchev–Trinajstić information content (AvgIpc) is 3.05. The highest BCUT2D eigenvalue weighted by molar-refractivity contribution is 8.23. The van der Waals surface area contributed by atoms with E-state index in [1.54, 1.807) is 0 Å². The molecule has 1 aromatic carbocycles. The summed E-state index contributed by atoms with van der Waals surface area (Å²) in [7, 11) is 0. The number of hydrogen-bond acceptors (Lipinski definition) is 4. The van der Waals surface area contributed by atoms with E-state index >= 15 is 0 Å². The molecule has 23 heavy (non-hydrogen) atoms. The summed E-state index contributed by atoms with van der Waals surface area (Å²) in [4.78, 5) is 14.0. The molecular formula is C17H24N2O2S2. The summed E-state index contributed by atoms with van der Waals surface area (Å²) < 4.78 is 6.53. The Kier molecular flexibility index (Phi) is 7.17. The van der Waals surface area contributed by atoms with E-state index in [1.165, 1.54) is 30.2 Å². The molecule has 1 heterocycles. The van der Waals surface area contributed by atoms with Crippen molar-refractivity contribution in [3.8, 4) is 5.75 Å². The lowest BCUT2D eigenvalue weighted by atomic mass is 10.1. The van der Waals surface area contributed by atoms with E-state index in [4.69, 9.17) is 17.0 Å². The maximum Gasteiger partial charge on any atom is 0.230 e. The molecule has 1 aliphatic rings. The van der Waals surface area contributed by atoms with Crippen LogP contribution in [-0.2, 0) is 4.79 Å². The highest BCUT2D eigenvalue weighted by Gasteiger charge is 2.15. The van der Waals surface area contributed by atoms with Crippen molar-refractivity contribution in [2.24, 2.45) is 0 Å². The maximum absolute atomic E-state index is 11.8. The quantitative estimate of drug-likeness (QED) is 0.630. The summed E-state index contributed by atoms with van der Waals surface area (Å²) in [6.45, 7) is 7.10. The van der Waals surface area contributed by atoms with E-state index in [9.17, 15) is 4.79 Å². The highest BCUT2D eigenvalue weighted by Crippen LogP contribution is 2.18. The topological polar surface area (TPSA) is 41.6 Å². The van der Waals surface area contributed by atoms with Crippen LogP contribution >= 0.6 is 24.0 Å². The minimum absolute atomic E-state index is 0.000718. The molecule has 1 amide bonds. The Balaban J connectivity index is 1.60. The van der Waals surface area contributed by atoms with Gasteiger partial charge in [0.05, 0.1) is 12.3 Å². The molecule has 1 aromatic rings. The first kappa shape index (κ1) is 18.1. The van der Waals surface area contributed by atoms with Crippen LogP contribution in [0, 0.1) is 13.8 Å². The second-order valence-corrected chi connectivity index (χ2v) is 7.33. The lowest BCUT2D eigenvalue weighted by Crippen LogP contribution is -2.31. The molecule has 2 rings (SSSR count). The van der Waals surface area contributed by atoms with Crippen molar-refractivity contribution in [3.63, 3.8) is 0 Å². The number of thioether (sulfide) groups is 1. The van der Waals surface area contributed by atoms with Gasteiger partial charge < -0.3 is 15.0 Å². The number of ether oxygens (including phenoxy) is 1. The molecule has 1 saturated heterocycles. The fraction of sp³-hybridized carbons (Fsp3) is 0.529. The summed E-state index contributed by atoms with van der Waals surface area (Å²) in [5.74, 6) is 1.24. The first-order chi connectivity index (χ1) is 11.1. The monoisotopic (exact) mass is 352 g/mol. The molecule has 0 saturated carbocycles. The van der Waals surface area contributed by atoms with Gasteiger partial charge in [-0.15, -0.1) is 0 Å². The number of carbonyl (C=O) groups is 1. The molecule has 6 heteroatoms. The van der Waals surface area contributed by atoms with Gasteiger partial charge in [0, 0.05) is 13.1 Å². The Labute approximate surface area is 148 Å². The second kappa shape index (κ2) is 9.13. The van der Waals surface area contributed by atoms with Gasteiger partial charge in [-0.05, 0) is 38.3 Å². The lowest BCUT2D eigenvalue weighted by molar-refractivity contribution is -0.118. The van der Waals surface area contributed by atoms with E-state index in [-0.39, 0.29) is 5.91 Å². The minimum Gasteiger partial charge on any atom is -0.491 e. The third-order valence-corrected chi connectivity index (χ3v) is 5.23. The Morgan fingerprint density at radius 2 is 2.09 bits per heavy atom. The fourth-order valence-electron chi connectivity index (χ4n) is 2.48. The Morgan fingerprint density at radius 1 is 1.35 bits per heavy atom. The van der Waals surface area contributed by atoms with Crippen molar-refractivity contribution in [1.82, 2.24) is 10.2 Å². The molecule has 1 fully saturated rings. The predicted molar refractivity (Wildman–Crippen MR) is 100 cm³/mol. The van der Waals surface area contributed by atoms with Gasteiger partial charge in [0.15, 0.2) is 0 Å². The highest BCUT2D eigenvalue weighted by atomic mass is 32.2. The van der Waals surface area contributed by atoms with Gasteiger partial charge in [-0.2, -0.15) is 0 Å². The van der Waals surface area contributed by atoms with Crippen molar-refractivity contribution in [2.45, 2.75) is 26.7 Å². The van der Waals surface area contributed by atoms with Gasteiger partial charge in [0.1, 0.15) is 16.7 Å². The van der Waals surface area contributed by atoms with Crippen molar-refractivity contribution < 1.29 is 9.53 Å². The largest absolute Gasteiger partial charge is 0.491 e. The smallest absolute Gasteiger partial charge is 0.230 e. The zero-order chi connectivity index (χ0) is 16.7. The number of thiocarbonyl (C=S) groups is 1. The number of likely N-dealkylation sites (tertiary alicyclic amines) is 1. The molecule has 1 aliphatic heterocycles. The van der Waals surface area contributed by atoms with Crippen LogP contribution in [0.5, 0.6) is 5.75 Å². The van der Waals surface area contributed by atoms with E-state index in [2.05, 4.69) is 23.2 Å². The molecule has 0 aliphatic carbocycles. The van der Waals surface area contributed by atoms with Crippen LogP contribution in [0.1, 0.15) is 24.0 Å². The van der Waals surface area contributed by atoms with Crippen LogP contribution in [-0.4, -0.2) is 47.1 Å². The SMILES string of the molecule is Cc1ccc(OCCNC(=O)CSC(=S)N2CCCC2)c(C)c1. The molecule has 4 nitrogen and oxygen atoms in total. The first-order valence-corrected chi connectivity index (χ1v) is 9.34. The summed E-state index contributed by atoms with van der Waals surface area (Å²) in [6.07, 6.45) is 2.39. The van der Waals surface area contributed by atoms with Gasteiger partial charge in [-0.1, -0.05) is 41.7 Å². The number of nitrogens with zero attached hydrogens (tertiary/aromatic N) is 1. The lowest BCUT2D eigenvalue weighted by Gasteiger charge is -2.17. The second-order valence-electron chi connectivity index (χ2n) is 5.72. The van der Waals surface area contributed by atoms with E-state index in [0.717, 1.165) is 28.7 Å². The number of rotatable bonds is 6. The molecule has 0 spiro atoms. The Hall–Kier alpha value is -1.27. The summed E-state index contributed by atoms with van der Waals surface area (Å²) >= 11 is 6.79. The van der Waals surface area contributed by atoms with E-state index in [1.807, 2.05) is 19.1 Å². The van der Waals surface area contributed by atoms with Crippen molar-refractivity contribution in [3.05, 3.63) is 29.3 Å². The Bertz CT molecular complexity index is 558. The average molecular weight is 353 g/mol. The van der Waals surface area contributed by atoms with Crippen LogP contribution in [0.3, 0.4) is 0 Å². The predicted octanol–water partition coefficient (Wildman–Crippen LogP) is 2.91. The standard InChI is InChI=1S/C17H24N2O2S2/c1-13-5-6-15(14(2)11-13)21-10-7-18-16(20)12-23-17(22)19-8-3-4-9-19/h5-6,11H,3-4,7-10,12H2,1-2H3,(H,18,20). The molecule has 126 valence electrons. The minimum atomic E-state index is 0.000718. The third-order valence-electron chi connectivity index (χ3n) is 3.70. The summed E-state index contributed by atoms with van der Waals surface area (Å²) in [6, 6.07) is 6.08. The van der Waals surface area contributed by atoms with Crippen LogP contribution in [0.25, 0.3) is 0 Å². The summed E-state index contributed by atoms with van der Waals surface area (Å²) in [5, 5.41) is 2.87. The van der Waals surface area contributed by atoms with Crippen LogP contribution < -0.4 is 10.1 Å². The number of nitrogens with one attached hydrogen (secondary N) is 1. The number of benzene rings is 1. The van der Waals surface area contributed by atoms with Gasteiger partial charge in [0.25, 0.3) is 0 Å².